The van der Waals surface area contributed by atoms with Crippen molar-refractivity contribution in [3.05, 3.63) is 17.2 Å². The summed E-state index contributed by atoms with van der Waals surface area (Å²) in [6.45, 7) is 0. The Labute approximate surface area is 118 Å². The van der Waals surface area contributed by atoms with Crippen molar-refractivity contribution >= 4 is 17.3 Å². The van der Waals surface area contributed by atoms with Crippen molar-refractivity contribution in [2.75, 3.05) is 19.5 Å². The third-order valence-corrected chi connectivity index (χ3v) is 3.83. The SMILES string of the molecule is COc1cc(NC2CCC(O)CC2)c(OC)cc1Cl. The van der Waals surface area contributed by atoms with E-state index in [9.17, 15) is 5.11 Å². The fourth-order valence-electron chi connectivity index (χ4n) is 2.41. The van der Waals surface area contributed by atoms with Gasteiger partial charge in [0, 0.05) is 18.2 Å². The van der Waals surface area contributed by atoms with Crippen LogP contribution in [0.4, 0.5) is 5.69 Å². The molecule has 1 aliphatic rings. The molecule has 1 aromatic carbocycles. The second-order valence-electron chi connectivity index (χ2n) is 4.84. The molecule has 1 aromatic rings. The highest BCUT2D eigenvalue weighted by atomic mass is 35.5. The number of hydrogen-bond donors (Lipinski definition) is 2. The molecule has 1 aliphatic carbocycles. The van der Waals surface area contributed by atoms with E-state index in [0.29, 0.717) is 22.6 Å². The lowest BCUT2D eigenvalue weighted by atomic mass is 9.93. The summed E-state index contributed by atoms with van der Waals surface area (Å²) in [6, 6.07) is 3.95. The molecule has 0 amide bonds. The van der Waals surface area contributed by atoms with E-state index >= 15 is 0 Å². The fraction of sp³-hybridized carbons (Fsp3) is 0.571. The van der Waals surface area contributed by atoms with Crippen molar-refractivity contribution < 1.29 is 14.6 Å². The molecule has 0 aromatic heterocycles. The predicted molar refractivity (Wildman–Crippen MR) is 76.4 cm³/mol. The Morgan fingerprint density at radius 2 is 1.74 bits per heavy atom. The van der Waals surface area contributed by atoms with Gasteiger partial charge in [-0.1, -0.05) is 11.6 Å². The first-order valence-electron chi connectivity index (χ1n) is 6.50. The van der Waals surface area contributed by atoms with Gasteiger partial charge in [0.1, 0.15) is 11.5 Å². The van der Waals surface area contributed by atoms with Gasteiger partial charge in [-0.3, -0.25) is 0 Å². The summed E-state index contributed by atoms with van der Waals surface area (Å²) < 4.78 is 10.6. The molecule has 0 heterocycles. The molecule has 2 N–H and O–H groups in total. The van der Waals surface area contributed by atoms with Gasteiger partial charge >= 0.3 is 0 Å². The zero-order valence-corrected chi connectivity index (χ0v) is 12.0. The highest BCUT2D eigenvalue weighted by molar-refractivity contribution is 6.32. The molecule has 106 valence electrons. The summed E-state index contributed by atoms with van der Waals surface area (Å²) in [5, 5.41) is 13.5. The lowest BCUT2D eigenvalue weighted by Gasteiger charge is -2.27. The van der Waals surface area contributed by atoms with Gasteiger partial charge in [-0.25, -0.2) is 0 Å². The minimum absolute atomic E-state index is 0.153. The number of methoxy groups -OCH3 is 2. The zero-order valence-electron chi connectivity index (χ0n) is 11.3. The molecule has 19 heavy (non-hydrogen) atoms. The molecule has 5 heteroatoms. The Hall–Kier alpha value is -1.13. The van der Waals surface area contributed by atoms with Crippen LogP contribution in [0.3, 0.4) is 0 Å². The van der Waals surface area contributed by atoms with Crippen LogP contribution in [-0.2, 0) is 0 Å². The number of aliphatic hydroxyl groups excluding tert-OH is 1. The second kappa shape index (κ2) is 6.35. The topological polar surface area (TPSA) is 50.7 Å². The third kappa shape index (κ3) is 3.45. The maximum atomic E-state index is 9.52. The Kier molecular flexibility index (Phi) is 4.77. The summed E-state index contributed by atoms with van der Waals surface area (Å²) in [7, 11) is 3.21. The molecule has 0 atom stereocenters. The first-order chi connectivity index (χ1) is 9.13. The molecule has 0 bridgehead atoms. The maximum absolute atomic E-state index is 9.52. The summed E-state index contributed by atoms with van der Waals surface area (Å²) in [6.07, 6.45) is 3.43. The molecule has 0 radical (unpaired) electrons. The predicted octanol–water partition coefficient (Wildman–Crippen LogP) is 3.07. The quantitative estimate of drug-likeness (QED) is 0.893. The first-order valence-corrected chi connectivity index (χ1v) is 6.88. The number of halogens is 1. The maximum Gasteiger partial charge on any atom is 0.143 e. The van der Waals surface area contributed by atoms with E-state index in [1.807, 2.05) is 6.07 Å². The molecule has 0 saturated heterocycles. The molecular formula is C14H20ClNO3. The van der Waals surface area contributed by atoms with Crippen molar-refractivity contribution in [3.63, 3.8) is 0 Å². The van der Waals surface area contributed by atoms with Crippen molar-refractivity contribution in [2.24, 2.45) is 0 Å². The molecular weight excluding hydrogens is 266 g/mol. The Morgan fingerprint density at radius 3 is 2.32 bits per heavy atom. The number of anilines is 1. The Bertz CT molecular complexity index is 431. The van der Waals surface area contributed by atoms with E-state index in [0.717, 1.165) is 31.4 Å². The number of aliphatic hydroxyl groups is 1. The molecule has 0 aliphatic heterocycles. The van der Waals surface area contributed by atoms with Gasteiger partial charge in [0.05, 0.1) is 31.0 Å². The van der Waals surface area contributed by atoms with Gasteiger partial charge in [-0.2, -0.15) is 0 Å². The van der Waals surface area contributed by atoms with Crippen molar-refractivity contribution in [3.8, 4) is 11.5 Å². The Morgan fingerprint density at radius 1 is 1.11 bits per heavy atom. The van der Waals surface area contributed by atoms with Crippen LogP contribution in [0.2, 0.25) is 5.02 Å². The van der Waals surface area contributed by atoms with E-state index in [-0.39, 0.29) is 6.10 Å². The van der Waals surface area contributed by atoms with Gasteiger partial charge in [-0.15, -0.1) is 0 Å². The lowest BCUT2D eigenvalue weighted by molar-refractivity contribution is 0.126. The van der Waals surface area contributed by atoms with Crippen LogP contribution in [0, 0.1) is 0 Å². The van der Waals surface area contributed by atoms with Crippen molar-refractivity contribution in [1.82, 2.24) is 0 Å². The van der Waals surface area contributed by atoms with Crippen molar-refractivity contribution in [2.45, 2.75) is 37.8 Å². The number of rotatable bonds is 4. The zero-order chi connectivity index (χ0) is 13.8. The van der Waals surface area contributed by atoms with Crippen LogP contribution in [0.25, 0.3) is 0 Å². The summed E-state index contributed by atoms with van der Waals surface area (Å²) in [5.41, 5.74) is 0.880. The second-order valence-corrected chi connectivity index (χ2v) is 5.24. The van der Waals surface area contributed by atoms with E-state index in [1.165, 1.54) is 0 Å². The standard InChI is InChI=1S/C14H20ClNO3/c1-18-13-8-12(14(19-2)7-11(13)15)16-9-3-5-10(17)6-4-9/h7-10,16-17H,3-6H2,1-2H3. The number of nitrogens with one attached hydrogen (secondary N) is 1. The molecule has 0 unspecified atom stereocenters. The smallest absolute Gasteiger partial charge is 0.143 e. The fourth-order valence-corrected chi connectivity index (χ4v) is 2.64. The highest BCUT2D eigenvalue weighted by Crippen LogP contribution is 2.37. The molecule has 4 nitrogen and oxygen atoms in total. The van der Waals surface area contributed by atoms with Crippen LogP contribution < -0.4 is 14.8 Å². The highest BCUT2D eigenvalue weighted by Gasteiger charge is 2.20. The van der Waals surface area contributed by atoms with E-state index in [2.05, 4.69) is 5.32 Å². The minimum atomic E-state index is -0.153. The number of hydrogen-bond acceptors (Lipinski definition) is 4. The van der Waals surface area contributed by atoms with E-state index in [1.54, 1.807) is 20.3 Å². The minimum Gasteiger partial charge on any atom is -0.495 e. The first kappa shape index (κ1) is 14.3. The molecule has 0 spiro atoms. The van der Waals surface area contributed by atoms with Gasteiger partial charge in [0.2, 0.25) is 0 Å². The van der Waals surface area contributed by atoms with Gasteiger partial charge < -0.3 is 19.9 Å². The number of ether oxygens (including phenoxy) is 2. The average molecular weight is 286 g/mol. The average Bonchev–Trinajstić information content (AvgIpc) is 2.42. The lowest BCUT2D eigenvalue weighted by Crippen LogP contribution is -2.28. The van der Waals surface area contributed by atoms with Crippen LogP contribution in [-0.4, -0.2) is 31.5 Å². The van der Waals surface area contributed by atoms with Crippen LogP contribution in [0.5, 0.6) is 11.5 Å². The summed E-state index contributed by atoms with van der Waals surface area (Å²) in [5.74, 6) is 1.33. The van der Waals surface area contributed by atoms with E-state index in [4.69, 9.17) is 21.1 Å². The third-order valence-electron chi connectivity index (χ3n) is 3.53. The largest absolute Gasteiger partial charge is 0.495 e. The van der Waals surface area contributed by atoms with Crippen molar-refractivity contribution in [1.29, 1.82) is 0 Å². The summed E-state index contributed by atoms with van der Waals surface area (Å²) in [4.78, 5) is 0. The van der Waals surface area contributed by atoms with Gasteiger partial charge in [0.25, 0.3) is 0 Å². The van der Waals surface area contributed by atoms with Crippen LogP contribution in [0.15, 0.2) is 12.1 Å². The van der Waals surface area contributed by atoms with Gasteiger partial charge in [-0.05, 0) is 25.7 Å². The molecule has 1 fully saturated rings. The monoisotopic (exact) mass is 285 g/mol. The van der Waals surface area contributed by atoms with Gasteiger partial charge in [0.15, 0.2) is 0 Å². The normalized spacial score (nSPS) is 22.9. The summed E-state index contributed by atoms with van der Waals surface area (Å²) >= 11 is 6.08. The Balaban J connectivity index is 2.14. The van der Waals surface area contributed by atoms with Crippen LogP contribution >= 0.6 is 11.6 Å². The number of benzene rings is 1. The molecule has 1 saturated carbocycles. The molecule has 2 rings (SSSR count). The van der Waals surface area contributed by atoms with E-state index < -0.39 is 0 Å². The van der Waals surface area contributed by atoms with Crippen LogP contribution in [0.1, 0.15) is 25.7 Å².